The highest BCUT2D eigenvalue weighted by atomic mass is 16.7. The van der Waals surface area contributed by atoms with E-state index in [1.54, 1.807) is 43.3 Å². The van der Waals surface area contributed by atoms with Gasteiger partial charge in [-0.15, -0.1) is 0 Å². The van der Waals surface area contributed by atoms with E-state index < -0.39 is 18.9 Å². The van der Waals surface area contributed by atoms with Crippen molar-refractivity contribution in [3.8, 4) is 5.75 Å². The molecular weight excluding hydrogens is 568 g/mol. The van der Waals surface area contributed by atoms with Crippen LogP contribution in [0.25, 0.3) is 5.52 Å². The van der Waals surface area contributed by atoms with Gasteiger partial charge in [0.1, 0.15) is 17.6 Å². The van der Waals surface area contributed by atoms with Crippen molar-refractivity contribution < 1.29 is 33.8 Å². The van der Waals surface area contributed by atoms with E-state index in [9.17, 15) is 24.3 Å². The Morgan fingerprint density at radius 2 is 1.80 bits per heavy atom. The van der Waals surface area contributed by atoms with Crippen LogP contribution in [0, 0.1) is 6.92 Å². The molecule has 0 aliphatic heterocycles. The van der Waals surface area contributed by atoms with Crippen LogP contribution in [-0.2, 0) is 20.7 Å². The summed E-state index contributed by atoms with van der Waals surface area (Å²) in [4.78, 5) is 57.2. The lowest BCUT2D eigenvalue weighted by Crippen LogP contribution is -2.31. The molecule has 228 valence electrons. The molecule has 2 aromatic heterocycles. The Morgan fingerprint density at radius 1 is 1.02 bits per heavy atom. The number of fused-ring (bicyclic) bond motifs is 1. The van der Waals surface area contributed by atoms with Crippen LogP contribution in [0.1, 0.15) is 58.0 Å². The van der Waals surface area contributed by atoms with Gasteiger partial charge in [-0.3, -0.25) is 14.4 Å². The largest absolute Gasteiger partial charge is 0.508 e. The lowest BCUT2D eigenvalue weighted by molar-refractivity contribution is -0.150. The molecule has 2 aromatic carbocycles. The Kier molecular flexibility index (Phi) is 9.03. The molecule has 0 radical (unpaired) electrons. The van der Waals surface area contributed by atoms with E-state index in [1.165, 1.54) is 29.2 Å². The maximum Gasteiger partial charge on any atom is 0.423 e. The zero-order valence-electron chi connectivity index (χ0n) is 24.3. The first kappa shape index (κ1) is 30.0. The van der Waals surface area contributed by atoms with Gasteiger partial charge in [-0.1, -0.05) is 25.1 Å². The summed E-state index contributed by atoms with van der Waals surface area (Å²) in [5.74, 6) is -1.10. The molecular formula is C31H32N6O7. The highest BCUT2D eigenvalue weighted by Crippen LogP contribution is 2.32. The number of esters is 1. The maximum atomic E-state index is 13.7. The molecule has 13 nitrogen and oxygen atoms in total. The van der Waals surface area contributed by atoms with E-state index in [0.29, 0.717) is 40.0 Å². The minimum atomic E-state index is -0.941. The van der Waals surface area contributed by atoms with Crippen LogP contribution in [0.2, 0.25) is 0 Å². The number of phenols is 1. The number of nitrogens with zero attached hydrogens (tertiary/aromatic N) is 4. The fraction of sp³-hybridized carbons (Fsp3) is 0.290. The summed E-state index contributed by atoms with van der Waals surface area (Å²) in [5, 5.41) is 19.4. The van der Waals surface area contributed by atoms with Crippen LogP contribution in [0.15, 0.2) is 61.1 Å². The number of carbonyl (C=O) groups excluding carboxylic acids is 4. The Balaban J connectivity index is 1.44. The summed E-state index contributed by atoms with van der Waals surface area (Å²) >= 11 is 0. The quantitative estimate of drug-likeness (QED) is 0.172. The SMILES string of the molecule is CCCNC(=O)c1cc2c(N(C(=O)OCOC(=O)Cc3ccc(O)cc3)c3cc(C(=O)NC4CC4)ccc3C)ncnn2c1. The van der Waals surface area contributed by atoms with Gasteiger partial charge in [0.05, 0.1) is 17.7 Å². The molecule has 5 rings (SSSR count). The van der Waals surface area contributed by atoms with Crippen LogP contribution in [0.3, 0.4) is 0 Å². The number of amides is 3. The van der Waals surface area contributed by atoms with Gasteiger partial charge < -0.3 is 25.2 Å². The van der Waals surface area contributed by atoms with E-state index in [0.717, 1.165) is 24.2 Å². The summed E-state index contributed by atoms with van der Waals surface area (Å²) in [6.07, 6.45) is 4.29. The number of rotatable bonds is 11. The zero-order chi connectivity index (χ0) is 31.2. The van der Waals surface area contributed by atoms with Gasteiger partial charge >= 0.3 is 12.1 Å². The molecule has 3 N–H and O–H groups in total. The number of phenolic OH excluding ortho intramolecular Hbond substituents is 1. The number of hydrogen-bond donors (Lipinski definition) is 3. The van der Waals surface area contributed by atoms with E-state index in [1.807, 2.05) is 6.92 Å². The van der Waals surface area contributed by atoms with Crippen molar-refractivity contribution >= 4 is 40.9 Å². The summed E-state index contributed by atoms with van der Waals surface area (Å²) in [7, 11) is 0. The fourth-order valence-corrected chi connectivity index (χ4v) is 4.38. The molecule has 0 atom stereocenters. The van der Waals surface area contributed by atoms with Crippen LogP contribution >= 0.6 is 0 Å². The summed E-state index contributed by atoms with van der Waals surface area (Å²) in [5.41, 5.74) is 2.49. The Bertz CT molecular complexity index is 1700. The Morgan fingerprint density at radius 3 is 2.52 bits per heavy atom. The number of carbonyl (C=O) groups is 4. The highest BCUT2D eigenvalue weighted by Gasteiger charge is 2.29. The van der Waals surface area contributed by atoms with E-state index in [2.05, 4.69) is 20.7 Å². The Labute approximate surface area is 252 Å². The average Bonchev–Trinajstić information content (AvgIpc) is 3.71. The molecule has 44 heavy (non-hydrogen) atoms. The van der Waals surface area contributed by atoms with Gasteiger partial charge in [0.2, 0.25) is 6.79 Å². The lowest BCUT2D eigenvalue weighted by Gasteiger charge is -2.24. The van der Waals surface area contributed by atoms with Crippen LogP contribution in [0.5, 0.6) is 5.75 Å². The molecule has 2 heterocycles. The minimum absolute atomic E-state index is 0.0658. The van der Waals surface area contributed by atoms with E-state index >= 15 is 0 Å². The van der Waals surface area contributed by atoms with Gasteiger partial charge in [-0.2, -0.15) is 5.10 Å². The smallest absolute Gasteiger partial charge is 0.423 e. The van der Waals surface area contributed by atoms with Gasteiger partial charge in [0.15, 0.2) is 5.82 Å². The molecule has 0 bridgehead atoms. The summed E-state index contributed by atoms with van der Waals surface area (Å²) < 4.78 is 11.9. The minimum Gasteiger partial charge on any atom is -0.508 e. The predicted molar refractivity (Wildman–Crippen MR) is 159 cm³/mol. The molecule has 0 spiro atoms. The van der Waals surface area contributed by atoms with Gasteiger partial charge in [0.25, 0.3) is 11.8 Å². The number of benzene rings is 2. The summed E-state index contributed by atoms with van der Waals surface area (Å²) in [6, 6.07) is 12.7. The van der Waals surface area contributed by atoms with Crippen molar-refractivity contribution in [2.24, 2.45) is 0 Å². The number of ether oxygens (including phenoxy) is 2. The second-order valence-corrected chi connectivity index (χ2v) is 10.4. The van der Waals surface area contributed by atoms with Crippen molar-refractivity contribution in [1.29, 1.82) is 0 Å². The standard InChI is InChI=1S/C31H32N6O7/c1-3-12-32-29(40)22-15-26-28(33-17-34-36(26)16-22)37(25-14-21(7-4-19(25)2)30(41)35-23-8-9-23)31(42)44-18-43-27(39)13-20-5-10-24(38)11-6-20/h4-7,10-11,14-17,23,38H,3,8-9,12-13,18H2,1-2H3,(H,32,40)(H,35,41). The Hall–Kier alpha value is -5.46. The summed E-state index contributed by atoms with van der Waals surface area (Å²) in [6.45, 7) is 3.49. The molecule has 0 unspecified atom stereocenters. The number of anilines is 2. The average molecular weight is 601 g/mol. The highest BCUT2D eigenvalue weighted by molar-refractivity contribution is 6.03. The fourth-order valence-electron chi connectivity index (χ4n) is 4.38. The number of aryl methyl sites for hydroxylation is 1. The van der Waals surface area contributed by atoms with Crippen molar-refractivity contribution in [3.05, 3.63) is 83.3 Å². The third kappa shape index (κ3) is 7.12. The molecule has 4 aromatic rings. The molecule has 1 aliphatic rings. The van der Waals surface area contributed by atoms with Crippen molar-refractivity contribution in [3.63, 3.8) is 0 Å². The molecule has 13 heteroatoms. The van der Waals surface area contributed by atoms with Crippen molar-refractivity contribution in [2.45, 2.75) is 45.6 Å². The van der Waals surface area contributed by atoms with E-state index in [4.69, 9.17) is 9.47 Å². The second-order valence-electron chi connectivity index (χ2n) is 10.4. The third-order valence-corrected chi connectivity index (χ3v) is 6.89. The topological polar surface area (TPSA) is 164 Å². The second kappa shape index (κ2) is 13.2. The van der Waals surface area contributed by atoms with Crippen LogP contribution in [0.4, 0.5) is 16.3 Å². The van der Waals surface area contributed by atoms with Gasteiger partial charge in [-0.05, 0) is 67.6 Å². The van der Waals surface area contributed by atoms with Crippen LogP contribution in [-0.4, -0.2) is 63.0 Å². The van der Waals surface area contributed by atoms with E-state index in [-0.39, 0.29) is 35.8 Å². The van der Waals surface area contributed by atoms with Crippen LogP contribution < -0.4 is 15.5 Å². The first-order valence-corrected chi connectivity index (χ1v) is 14.2. The van der Waals surface area contributed by atoms with Gasteiger partial charge in [0, 0.05) is 24.3 Å². The predicted octanol–water partition coefficient (Wildman–Crippen LogP) is 3.79. The monoisotopic (exact) mass is 600 g/mol. The van der Waals surface area contributed by atoms with Crippen molar-refractivity contribution in [1.82, 2.24) is 25.2 Å². The molecule has 1 fully saturated rings. The molecule has 3 amide bonds. The molecule has 1 saturated carbocycles. The number of aromatic hydroxyl groups is 1. The maximum absolute atomic E-state index is 13.7. The molecule has 1 aliphatic carbocycles. The number of nitrogens with one attached hydrogen (secondary N) is 2. The zero-order valence-corrected chi connectivity index (χ0v) is 24.3. The lowest BCUT2D eigenvalue weighted by atomic mass is 10.1. The number of aromatic nitrogens is 3. The van der Waals surface area contributed by atoms with Gasteiger partial charge in [-0.25, -0.2) is 19.2 Å². The normalized spacial score (nSPS) is 12.4. The van der Waals surface area contributed by atoms with Crippen molar-refractivity contribution in [2.75, 3.05) is 18.2 Å². The first-order chi connectivity index (χ1) is 21.2. The number of hydrogen-bond acceptors (Lipinski definition) is 9. The first-order valence-electron chi connectivity index (χ1n) is 14.2. The third-order valence-electron chi connectivity index (χ3n) is 6.89. The molecule has 0 saturated heterocycles.